The zero-order chi connectivity index (χ0) is 10.6. The van der Waals surface area contributed by atoms with Gasteiger partial charge in [-0.05, 0) is 13.0 Å². The van der Waals surface area contributed by atoms with Crippen molar-refractivity contribution >= 4 is 12.2 Å². The fraction of sp³-hybridized carbons (Fsp3) is 0.200. The zero-order valence-electron chi connectivity index (χ0n) is 8.06. The Kier molecular flexibility index (Phi) is 3.23. The number of carbonyl (C=O) groups is 1. The van der Waals surface area contributed by atoms with Crippen molar-refractivity contribution in [1.82, 2.24) is 4.57 Å². The second-order valence-electron chi connectivity index (χ2n) is 2.75. The fourth-order valence-corrected chi connectivity index (χ4v) is 0.969. The van der Waals surface area contributed by atoms with Crippen LogP contribution in [0.3, 0.4) is 0 Å². The van der Waals surface area contributed by atoms with Crippen molar-refractivity contribution in [3.05, 3.63) is 40.3 Å². The molecule has 4 heteroatoms. The molecule has 0 saturated heterocycles. The molecule has 0 amide bonds. The van der Waals surface area contributed by atoms with E-state index in [1.165, 1.54) is 23.9 Å². The van der Waals surface area contributed by atoms with Gasteiger partial charge in [-0.2, -0.15) is 0 Å². The second-order valence-corrected chi connectivity index (χ2v) is 2.75. The summed E-state index contributed by atoms with van der Waals surface area (Å²) in [7, 11) is 1.30. The molecule has 0 radical (unpaired) electrons. The van der Waals surface area contributed by atoms with Crippen LogP contribution in [0.25, 0.3) is 6.20 Å². The van der Waals surface area contributed by atoms with E-state index in [9.17, 15) is 9.59 Å². The summed E-state index contributed by atoms with van der Waals surface area (Å²) in [5, 5.41) is 0. The number of carbonyl (C=O) groups excluding carboxylic acids is 1. The number of esters is 1. The highest BCUT2D eigenvalue weighted by Crippen LogP contribution is 1.97. The third kappa shape index (κ3) is 2.32. The van der Waals surface area contributed by atoms with E-state index in [2.05, 4.69) is 4.74 Å². The van der Waals surface area contributed by atoms with Crippen molar-refractivity contribution in [2.24, 2.45) is 0 Å². The maximum Gasteiger partial charge on any atom is 0.334 e. The van der Waals surface area contributed by atoms with E-state index < -0.39 is 5.97 Å². The molecule has 1 heterocycles. The minimum absolute atomic E-state index is 0.184. The molecule has 0 aliphatic carbocycles. The predicted octanol–water partition coefficient (Wildman–Crippen LogP) is 0.882. The quantitative estimate of drug-likeness (QED) is 0.517. The van der Waals surface area contributed by atoms with Crippen LogP contribution in [0.15, 0.2) is 34.8 Å². The van der Waals surface area contributed by atoms with E-state index in [0.717, 1.165) is 0 Å². The van der Waals surface area contributed by atoms with Gasteiger partial charge in [-0.1, -0.05) is 6.07 Å². The molecule has 1 aromatic rings. The van der Waals surface area contributed by atoms with Gasteiger partial charge >= 0.3 is 5.97 Å². The summed E-state index contributed by atoms with van der Waals surface area (Å²) in [6.07, 6.45) is 3.02. The molecule has 0 N–H and O–H groups in total. The van der Waals surface area contributed by atoms with E-state index in [4.69, 9.17) is 0 Å². The van der Waals surface area contributed by atoms with Gasteiger partial charge in [0.2, 0.25) is 0 Å². The van der Waals surface area contributed by atoms with Gasteiger partial charge in [0.25, 0.3) is 5.56 Å². The van der Waals surface area contributed by atoms with Crippen LogP contribution in [0.1, 0.15) is 6.92 Å². The third-order valence-corrected chi connectivity index (χ3v) is 1.69. The van der Waals surface area contributed by atoms with Gasteiger partial charge in [-0.25, -0.2) is 4.79 Å². The van der Waals surface area contributed by atoms with Crippen molar-refractivity contribution in [3.8, 4) is 0 Å². The molecule has 0 atom stereocenters. The molecular formula is C10H11NO3. The Labute approximate surface area is 81.4 Å². The van der Waals surface area contributed by atoms with E-state index in [1.54, 1.807) is 25.3 Å². The highest BCUT2D eigenvalue weighted by molar-refractivity contribution is 5.90. The highest BCUT2D eigenvalue weighted by atomic mass is 16.5. The molecular weight excluding hydrogens is 182 g/mol. The van der Waals surface area contributed by atoms with Crippen molar-refractivity contribution in [2.45, 2.75) is 6.92 Å². The summed E-state index contributed by atoms with van der Waals surface area (Å²) < 4.78 is 5.83. The summed E-state index contributed by atoms with van der Waals surface area (Å²) in [6.45, 7) is 1.59. The molecule has 14 heavy (non-hydrogen) atoms. The van der Waals surface area contributed by atoms with Crippen LogP contribution >= 0.6 is 0 Å². The first-order chi connectivity index (χ1) is 6.65. The number of hydrogen-bond donors (Lipinski definition) is 0. The molecule has 4 nitrogen and oxygen atoms in total. The topological polar surface area (TPSA) is 48.3 Å². The number of pyridine rings is 1. The van der Waals surface area contributed by atoms with E-state index >= 15 is 0 Å². The average molecular weight is 193 g/mol. The molecule has 0 unspecified atom stereocenters. The standard InChI is InChI=1S/C10H11NO3/c1-8(10(13)14-2)7-11-6-4-3-5-9(11)12/h3-7H,1-2H3/b8-7+. The summed E-state index contributed by atoms with van der Waals surface area (Å²) in [6, 6.07) is 4.77. The summed E-state index contributed by atoms with van der Waals surface area (Å²) in [5.74, 6) is -0.444. The van der Waals surface area contributed by atoms with Gasteiger partial charge in [0.1, 0.15) is 0 Å². The lowest BCUT2D eigenvalue weighted by Crippen LogP contribution is -2.14. The largest absolute Gasteiger partial charge is 0.466 e. The van der Waals surface area contributed by atoms with Gasteiger partial charge in [-0.15, -0.1) is 0 Å². The molecule has 0 spiro atoms. The Bertz CT molecular complexity index is 417. The Balaban J connectivity index is 3.04. The molecule has 0 aliphatic heterocycles. The maximum atomic E-state index is 11.2. The van der Waals surface area contributed by atoms with E-state index in [1.807, 2.05) is 0 Å². The number of rotatable bonds is 2. The second kappa shape index (κ2) is 4.41. The number of ether oxygens (including phenoxy) is 1. The Hall–Kier alpha value is -1.84. The van der Waals surface area contributed by atoms with Crippen LogP contribution in [-0.2, 0) is 9.53 Å². The molecule has 1 rings (SSSR count). The lowest BCUT2D eigenvalue weighted by atomic mass is 10.3. The summed E-state index contributed by atoms with van der Waals surface area (Å²) >= 11 is 0. The van der Waals surface area contributed by atoms with Crippen LogP contribution in [0.5, 0.6) is 0 Å². The van der Waals surface area contributed by atoms with Crippen LogP contribution in [0.4, 0.5) is 0 Å². The SMILES string of the molecule is COC(=O)/C(C)=C/n1ccccc1=O. The Morgan fingerprint density at radius 1 is 1.50 bits per heavy atom. The van der Waals surface area contributed by atoms with E-state index in [-0.39, 0.29) is 5.56 Å². The van der Waals surface area contributed by atoms with Gasteiger partial charge in [0, 0.05) is 18.5 Å². The number of aromatic nitrogens is 1. The number of nitrogens with zero attached hydrogens (tertiary/aromatic N) is 1. The average Bonchev–Trinajstić information content (AvgIpc) is 2.20. The van der Waals surface area contributed by atoms with Crippen LogP contribution < -0.4 is 5.56 Å². The smallest absolute Gasteiger partial charge is 0.334 e. The van der Waals surface area contributed by atoms with Crippen molar-refractivity contribution in [3.63, 3.8) is 0 Å². The lowest BCUT2D eigenvalue weighted by molar-refractivity contribution is -0.135. The molecule has 74 valence electrons. The molecule has 1 aromatic heterocycles. The highest BCUT2D eigenvalue weighted by Gasteiger charge is 2.02. The van der Waals surface area contributed by atoms with Crippen molar-refractivity contribution in [1.29, 1.82) is 0 Å². The third-order valence-electron chi connectivity index (χ3n) is 1.69. The molecule has 0 saturated carbocycles. The first-order valence-electron chi connectivity index (χ1n) is 4.09. The zero-order valence-corrected chi connectivity index (χ0v) is 8.06. The summed E-state index contributed by atoms with van der Waals surface area (Å²) in [4.78, 5) is 22.3. The maximum absolute atomic E-state index is 11.2. The lowest BCUT2D eigenvalue weighted by Gasteiger charge is -2.00. The van der Waals surface area contributed by atoms with Crippen LogP contribution in [0, 0.1) is 0 Å². The van der Waals surface area contributed by atoms with Gasteiger partial charge in [0.05, 0.1) is 12.7 Å². The minimum atomic E-state index is -0.444. The van der Waals surface area contributed by atoms with Crippen molar-refractivity contribution < 1.29 is 9.53 Å². The monoisotopic (exact) mass is 193 g/mol. The number of hydrogen-bond acceptors (Lipinski definition) is 3. The first-order valence-corrected chi connectivity index (χ1v) is 4.09. The normalized spacial score (nSPS) is 11.1. The van der Waals surface area contributed by atoms with Crippen molar-refractivity contribution in [2.75, 3.05) is 7.11 Å². The van der Waals surface area contributed by atoms with Gasteiger partial charge < -0.3 is 4.74 Å². The molecule has 0 bridgehead atoms. The summed E-state index contributed by atoms with van der Waals surface area (Å²) in [5.41, 5.74) is 0.191. The van der Waals surface area contributed by atoms with Crippen LogP contribution in [0.2, 0.25) is 0 Å². The molecule has 0 fully saturated rings. The predicted molar refractivity (Wildman–Crippen MR) is 52.7 cm³/mol. The molecule has 0 aliphatic rings. The Morgan fingerprint density at radius 2 is 2.21 bits per heavy atom. The first kappa shape index (κ1) is 10.2. The molecule has 0 aromatic carbocycles. The fourth-order valence-electron chi connectivity index (χ4n) is 0.969. The van der Waals surface area contributed by atoms with Crippen LogP contribution in [-0.4, -0.2) is 17.6 Å². The van der Waals surface area contributed by atoms with Gasteiger partial charge in [0.15, 0.2) is 0 Å². The number of methoxy groups -OCH3 is 1. The minimum Gasteiger partial charge on any atom is -0.466 e. The van der Waals surface area contributed by atoms with E-state index in [0.29, 0.717) is 5.57 Å². The van der Waals surface area contributed by atoms with Gasteiger partial charge in [-0.3, -0.25) is 9.36 Å². The Morgan fingerprint density at radius 3 is 2.79 bits per heavy atom.